The molecule has 0 heterocycles. The predicted molar refractivity (Wildman–Crippen MR) is 69.3 cm³/mol. The third-order valence-electron chi connectivity index (χ3n) is 2.42. The Morgan fingerprint density at radius 3 is 3.00 bits per heavy atom. The van der Waals surface area contributed by atoms with Crippen LogP contribution in [0.2, 0.25) is 0 Å². The number of thioether (sulfide) groups is 2. The summed E-state index contributed by atoms with van der Waals surface area (Å²) < 4.78 is 0. The molecule has 1 saturated carbocycles. The highest BCUT2D eigenvalue weighted by Gasteiger charge is 2.24. The second-order valence-electron chi connectivity index (χ2n) is 3.42. The minimum absolute atomic E-state index is 0.414. The Labute approximate surface area is 100 Å². The molecule has 2 unspecified atom stereocenters. The second-order valence-corrected chi connectivity index (χ2v) is 5.79. The average Bonchev–Trinajstić information content (AvgIpc) is 2.66. The highest BCUT2D eigenvalue weighted by atomic mass is 32.2. The first-order chi connectivity index (χ1) is 7.30. The standard InChI is InChI=1S/C10H17N3S2/c1-3-15-9-5-4-8(6-9)13-10(14-2)12-7-11/h8-9H,3-6H2,1-2H3,(H,12,13). The van der Waals surface area contributed by atoms with Crippen molar-refractivity contribution < 1.29 is 0 Å². The summed E-state index contributed by atoms with van der Waals surface area (Å²) in [6, 6.07) is 0.414. The molecule has 0 aromatic heterocycles. The first kappa shape index (κ1) is 12.7. The van der Waals surface area contributed by atoms with Crippen LogP contribution in [-0.4, -0.2) is 28.5 Å². The van der Waals surface area contributed by atoms with Gasteiger partial charge in [-0.3, -0.25) is 10.3 Å². The van der Waals surface area contributed by atoms with Gasteiger partial charge in [-0.15, -0.1) is 0 Å². The summed E-state index contributed by atoms with van der Waals surface area (Å²) in [5.74, 6) is 1.19. The fraction of sp³-hybridized carbons (Fsp3) is 0.800. The van der Waals surface area contributed by atoms with Gasteiger partial charge in [0.25, 0.3) is 0 Å². The molecule has 0 aromatic carbocycles. The maximum absolute atomic E-state index is 8.52. The van der Waals surface area contributed by atoms with Crippen LogP contribution in [-0.2, 0) is 0 Å². The Balaban J connectivity index is 2.42. The second kappa shape index (κ2) is 7.02. The first-order valence-corrected chi connectivity index (χ1v) is 7.46. The zero-order chi connectivity index (χ0) is 11.1. The van der Waals surface area contributed by atoms with Crippen LogP contribution in [0.1, 0.15) is 26.2 Å². The van der Waals surface area contributed by atoms with Gasteiger partial charge in [0.05, 0.1) is 6.04 Å². The monoisotopic (exact) mass is 243 g/mol. The van der Waals surface area contributed by atoms with E-state index < -0.39 is 0 Å². The summed E-state index contributed by atoms with van der Waals surface area (Å²) in [6.45, 7) is 2.20. The largest absolute Gasteiger partial charge is 0.272 e. The van der Waals surface area contributed by atoms with Crippen LogP contribution in [0.3, 0.4) is 0 Å². The van der Waals surface area contributed by atoms with Crippen molar-refractivity contribution in [3.8, 4) is 6.19 Å². The van der Waals surface area contributed by atoms with E-state index in [1.54, 1.807) is 0 Å². The number of hydrogen-bond donors (Lipinski definition) is 1. The van der Waals surface area contributed by atoms with E-state index in [1.165, 1.54) is 23.9 Å². The predicted octanol–water partition coefficient (Wildman–Crippen LogP) is 2.45. The summed E-state index contributed by atoms with van der Waals surface area (Å²) in [7, 11) is 0. The molecule has 1 aliphatic rings. The number of hydrogen-bond acceptors (Lipinski definition) is 4. The highest BCUT2D eigenvalue weighted by molar-refractivity contribution is 8.13. The summed E-state index contributed by atoms with van der Waals surface area (Å²) >= 11 is 3.53. The van der Waals surface area contributed by atoms with Gasteiger partial charge in [-0.2, -0.15) is 17.0 Å². The molecule has 0 aromatic rings. The zero-order valence-corrected chi connectivity index (χ0v) is 10.8. The summed E-state index contributed by atoms with van der Waals surface area (Å²) in [4.78, 5) is 4.55. The molecule has 0 bridgehead atoms. The summed E-state index contributed by atoms with van der Waals surface area (Å²) in [5.41, 5.74) is 0. The topological polar surface area (TPSA) is 48.2 Å². The molecule has 2 atom stereocenters. The van der Waals surface area contributed by atoms with Crippen molar-refractivity contribution in [1.82, 2.24) is 5.32 Å². The van der Waals surface area contributed by atoms with E-state index in [4.69, 9.17) is 5.26 Å². The molecule has 3 nitrogen and oxygen atoms in total. The molecule has 0 radical (unpaired) electrons. The lowest BCUT2D eigenvalue weighted by Crippen LogP contribution is -2.16. The van der Waals surface area contributed by atoms with Crippen LogP contribution in [0.5, 0.6) is 0 Å². The van der Waals surface area contributed by atoms with E-state index in [0.717, 1.165) is 23.3 Å². The zero-order valence-electron chi connectivity index (χ0n) is 9.19. The summed E-state index contributed by atoms with van der Waals surface area (Å²) in [6.07, 6.45) is 7.45. The van der Waals surface area contributed by atoms with Crippen LogP contribution in [0, 0.1) is 11.5 Å². The van der Waals surface area contributed by atoms with Crippen LogP contribution < -0.4 is 5.32 Å². The molecule has 15 heavy (non-hydrogen) atoms. The van der Waals surface area contributed by atoms with Crippen molar-refractivity contribution >= 4 is 28.7 Å². The molecule has 0 spiro atoms. The van der Waals surface area contributed by atoms with Crippen molar-refractivity contribution in [3.05, 3.63) is 0 Å². The van der Waals surface area contributed by atoms with E-state index >= 15 is 0 Å². The first-order valence-electron chi connectivity index (χ1n) is 5.18. The Kier molecular flexibility index (Phi) is 5.96. The molecule has 0 saturated heterocycles. The van der Waals surface area contributed by atoms with Gasteiger partial charge >= 0.3 is 0 Å². The van der Waals surface area contributed by atoms with E-state index in [9.17, 15) is 0 Å². The number of aliphatic imine (C=N–C) groups is 1. The third-order valence-corrected chi connectivity index (χ3v) is 4.24. The van der Waals surface area contributed by atoms with E-state index in [1.807, 2.05) is 24.2 Å². The maximum Gasteiger partial charge on any atom is 0.183 e. The quantitative estimate of drug-likeness (QED) is 0.358. The van der Waals surface area contributed by atoms with E-state index in [-0.39, 0.29) is 0 Å². The van der Waals surface area contributed by atoms with Crippen LogP contribution in [0.15, 0.2) is 4.99 Å². The number of amidine groups is 1. The van der Waals surface area contributed by atoms with E-state index in [2.05, 4.69) is 17.2 Å². The third kappa shape index (κ3) is 4.35. The van der Waals surface area contributed by atoms with Gasteiger partial charge in [0.1, 0.15) is 0 Å². The average molecular weight is 243 g/mol. The van der Waals surface area contributed by atoms with Crippen LogP contribution in [0.25, 0.3) is 0 Å². The fourth-order valence-corrected chi connectivity index (χ4v) is 3.31. The molecular formula is C10H17N3S2. The smallest absolute Gasteiger partial charge is 0.183 e. The molecule has 5 heteroatoms. The van der Waals surface area contributed by atoms with Gasteiger partial charge in [-0.05, 0) is 31.3 Å². The van der Waals surface area contributed by atoms with Gasteiger partial charge < -0.3 is 0 Å². The highest BCUT2D eigenvalue weighted by Crippen LogP contribution is 2.31. The molecule has 1 N–H and O–H groups in total. The van der Waals surface area contributed by atoms with Gasteiger partial charge in [0.2, 0.25) is 0 Å². The SMILES string of the molecule is CCSC1CCC(N=C(NC#N)SC)C1. The molecule has 1 fully saturated rings. The Hall–Kier alpha value is -0.340. The molecule has 0 aliphatic heterocycles. The van der Waals surface area contributed by atoms with Crippen LogP contribution >= 0.6 is 23.5 Å². The van der Waals surface area contributed by atoms with Crippen molar-refractivity contribution in [1.29, 1.82) is 5.26 Å². The lowest BCUT2D eigenvalue weighted by molar-refractivity contribution is 0.708. The summed E-state index contributed by atoms with van der Waals surface area (Å²) in [5, 5.41) is 12.7. The van der Waals surface area contributed by atoms with Crippen molar-refractivity contribution in [3.63, 3.8) is 0 Å². The lowest BCUT2D eigenvalue weighted by Gasteiger charge is -2.07. The Morgan fingerprint density at radius 2 is 2.40 bits per heavy atom. The van der Waals surface area contributed by atoms with Crippen molar-refractivity contribution in [2.24, 2.45) is 4.99 Å². The fourth-order valence-electron chi connectivity index (χ4n) is 1.77. The van der Waals surface area contributed by atoms with Gasteiger partial charge in [0.15, 0.2) is 11.4 Å². The minimum Gasteiger partial charge on any atom is -0.272 e. The van der Waals surface area contributed by atoms with Gasteiger partial charge in [0, 0.05) is 5.25 Å². The Bertz CT molecular complexity index is 260. The van der Waals surface area contributed by atoms with Crippen molar-refractivity contribution in [2.45, 2.75) is 37.5 Å². The maximum atomic E-state index is 8.52. The number of nitriles is 1. The number of nitrogens with one attached hydrogen (secondary N) is 1. The molecule has 1 aliphatic carbocycles. The molecule has 0 amide bonds. The molecule has 1 rings (SSSR count). The van der Waals surface area contributed by atoms with E-state index in [0.29, 0.717) is 6.04 Å². The van der Waals surface area contributed by atoms with Gasteiger partial charge in [-0.1, -0.05) is 18.7 Å². The number of nitrogens with zero attached hydrogens (tertiary/aromatic N) is 2. The Morgan fingerprint density at radius 1 is 1.60 bits per heavy atom. The number of rotatable bonds is 3. The normalized spacial score (nSPS) is 26.3. The lowest BCUT2D eigenvalue weighted by atomic mass is 10.3. The molecule has 84 valence electrons. The minimum atomic E-state index is 0.414. The van der Waals surface area contributed by atoms with Gasteiger partial charge in [-0.25, -0.2) is 0 Å². The molecular weight excluding hydrogens is 226 g/mol. The van der Waals surface area contributed by atoms with Crippen LogP contribution in [0.4, 0.5) is 0 Å². The van der Waals surface area contributed by atoms with Crippen molar-refractivity contribution in [2.75, 3.05) is 12.0 Å².